The maximum atomic E-state index is 14.6. The van der Waals surface area contributed by atoms with Crippen molar-refractivity contribution < 1.29 is 28.6 Å². The van der Waals surface area contributed by atoms with E-state index in [1.165, 1.54) is 24.3 Å². The van der Waals surface area contributed by atoms with Gasteiger partial charge in [0.1, 0.15) is 17.4 Å². The number of Topliss-reactive ketones (excluding diaryl/α,β-unsaturated/α-hetero) is 1. The first-order valence-electron chi connectivity index (χ1n) is 9.94. The van der Waals surface area contributed by atoms with Crippen LogP contribution in [0.15, 0.2) is 84.1 Å². The van der Waals surface area contributed by atoms with Crippen LogP contribution in [-0.4, -0.2) is 21.9 Å². The predicted molar refractivity (Wildman–Crippen MR) is 114 cm³/mol. The Morgan fingerprint density at radius 3 is 2.41 bits per heavy atom. The van der Waals surface area contributed by atoms with E-state index in [0.717, 1.165) is 28.7 Å². The Morgan fingerprint density at radius 1 is 0.938 bits per heavy atom. The number of aromatic hydroxyl groups is 1. The molecular formula is C25H19F2NO4. The summed E-state index contributed by atoms with van der Waals surface area (Å²) in [6, 6.07) is 16.3. The number of phenols is 1. The number of carbonyl (C=O) groups excluding carboxylic acids is 2. The number of aliphatic hydroxyl groups excluding tert-OH is 1. The predicted octanol–water partition coefficient (Wildman–Crippen LogP) is 4.77. The number of nitrogens with zero attached hydrogens (tertiary/aromatic N) is 1. The molecule has 0 fully saturated rings. The zero-order chi connectivity index (χ0) is 22.8. The van der Waals surface area contributed by atoms with E-state index in [4.69, 9.17) is 0 Å². The standard InChI is InChI=1S/C25H19F2NO4/c26-17-10-11-19(27)20(14-17)28-23(16-7-4-8-18(29)13-16)22(24(31)25(28)32)21(30)12-9-15-5-2-1-3-6-15/h1-8,10-11,13-14,23,29,31H,9,12H2. The third-order valence-electron chi connectivity index (χ3n) is 5.35. The molecule has 0 saturated carbocycles. The third kappa shape index (κ3) is 3.97. The van der Waals surface area contributed by atoms with Gasteiger partial charge in [-0.3, -0.25) is 14.5 Å². The van der Waals surface area contributed by atoms with Gasteiger partial charge in [-0.25, -0.2) is 8.78 Å². The van der Waals surface area contributed by atoms with Crippen LogP contribution >= 0.6 is 0 Å². The normalized spacial score (nSPS) is 16.0. The molecule has 0 radical (unpaired) electrons. The van der Waals surface area contributed by atoms with Crippen LogP contribution in [0.5, 0.6) is 5.75 Å². The van der Waals surface area contributed by atoms with Gasteiger partial charge in [0.05, 0.1) is 17.3 Å². The van der Waals surface area contributed by atoms with E-state index in [2.05, 4.69) is 0 Å². The van der Waals surface area contributed by atoms with E-state index < -0.39 is 40.8 Å². The Bertz CT molecular complexity index is 1220. The third-order valence-corrected chi connectivity index (χ3v) is 5.35. The Labute approximate surface area is 182 Å². The van der Waals surface area contributed by atoms with Crippen molar-refractivity contribution in [2.45, 2.75) is 18.9 Å². The topological polar surface area (TPSA) is 77.8 Å². The number of aliphatic hydroxyl groups is 1. The molecule has 32 heavy (non-hydrogen) atoms. The summed E-state index contributed by atoms with van der Waals surface area (Å²) < 4.78 is 28.5. The van der Waals surface area contributed by atoms with Crippen LogP contribution in [0.4, 0.5) is 14.5 Å². The van der Waals surface area contributed by atoms with Gasteiger partial charge in [-0.2, -0.15) is 0 Å². The molecule has 162 valence electrons. The van der Waals surface area contributed by atoms with Crippen LogP contribution < -0.4 is 4.90 Å². The van der Waals surface area contributed by atoms with Gasteiger partial charge in [-0.15, -0.1) is 0 Å². The summed E-state index contributed by atoms with van der Waals surface area (Å²) in [6.45, 7) is 0. The summed E-state index contributed by atoms with van der Waals surface area (Å²) in [5.41, 5.74) is 0.530. The van der Waals surface area contributed by atoms with Crippen molar-refractivity contribution in [3.63, 3.8) is 0 Å². The van der Waals surface area contributed by atoms with E-state index >= 15 is 0 Å². The van der Waals surface area contributed by atoms with E-state index in [0.29, 0.717) is 6.42 Å². The highest BCUT2D eigenvalue weighted by Crippen LogP contribution is 2.43. The second-order valence-electron chi connectivity index (χ2n) is 7.44. The second kappa shape index (κ2) is 8.63. The fourth-order valence-corrected chi connectivity index (χ4v) is 3.86. The average Bonchev–Trinajstić information content (AvgIpc) is 3.05. The van der Waals surface area contributed by atoms with Crippen molar-refractivity contribution in [3.8, 4) is 5.75 Å². The highest BCUT2D eigenvalue weighted by Gasteiger charge is 2.45. The molecular weight excluding hydrogens is 416 g/mol. The lowest BCUT2D eigenvalue weighted by atomic mass is 9.93. The molecule has 1 amide bonds. The van der Waals surface area contributed by atoms with Crippen molar-refractivity contribution in [2.75, 3.05) is 4.90 Å². The number of aryl methyl sites for hydroxylation is 1. The number of carbonyl (C=O) groups is 2. The van der Waals surface area contributed by atoms with Gasteiger partial charge in [0, 0.05) is 12.5 Å². The smallest absolute Gasteiger partial charge is 0.294 e. The Kier molecular flexibility index (Phi) is 5.73. The zero-order valence-corrected chi connectivity index (χ0v) is 16.8. The van der Waals surface area contributed by atoms with Crippen molar-refractivity contribution in [3.05, 3.63) is 107 Å². The maximum Gasteiger partial charge on any atom is 0.294 e. The van der Waals surface area contributed by atoms with Gasteiger partial charge in [-0.1, -0.05) is 42.5 Å². The number of anilines is 1. The van der Waals surface area contributed by atoms with Crippen molar-refractivity contribution in [2.24, 2.45) is 0 Å². The van der Waals surface area contributed by atoms with Gasteiger partial charge in [0.2, 0.25) is 0 Å². The number of phenolic OH excluding ortho intramolecular Hbond substituents is 1. The Hall–Kier alpha value is -4.00. The number of benzene rings is 3. The average molecular weight is 435 g/mol. The van der Waals surface area contributed by atoms with E-state index in [1.807, 2.05) is 30.3 Å². The summed E-state index contributed by atoms with van der Waals surface area (Å²) in [5.74, 6) is -4.17. The fourth-order valence-electron chi connectivity index (χ4n) is 3.86. The van der Waals surface area contributed by atoms with Crippen LogP contribution in [0.1, 0.15) is 23.6 Å². The van der Waals surface area contributed by atoms with E-state index in [9.17, 15) is 28.6 Å². The van der Waals surface area contributed by atoms with Gasteiger partial charge >= 0.3 is 0 Å². The van der Waals surface area contributed by atoms with Gasteiger partial charge in [0.25, 0.3) is 5.91 Å². The monoisotopic (exact) mass is 435 g/mol. The van der Waals surface area contributed by atoms with Gasteiger partial charge in [-0.05, 0) is 41.8 Å². The molecule has 1 heterocycles. The van der Waals surface area contributed by atoms with E-state index in [-0.39, 0.29) is 23.3 Å². The molecule has 1 aliphatic heterocycles. The van der Waals surface area contributed by atoms with Crippen LogP contribution in [0.25, 0.3) is 0 Å². The lowest BCUT2D eigenvalue weighted by Gasteiger charge is -2.27. The first-order valence-corrected chi connectivity index (χ1v) is 9.94. The maximum absolute atomic E-state index is 14.6. The molecule has 1 atom stereocenters. The number of amides is 1. The quantitative estimate of drug-likeness (QED) is 0.585. The summed E-state index contributed by atoms with van der Waals surface area (Å²) in [7, 11) is 0. The molecule has 1 aliphatic rings. The molecule has 5 nitrogen and oxygen atoms in total. The number of hydrogen-bond donors (Lipinski definition) is 2. The molecule has 4 rings (SSSR count). The number of hydrogen-bond acceptors (Lipinski definition) is 4. The summed E-state index contributed by atoms with van der Waals surface area (Å²) in [5, 5.41) is 20.5. The molecule has 3 aromatic rings. The van der Waals surface area contributed by atoms with Crippen LogP contribution in [0.2, 0.25) is 0 Å². The number of halogens is 2. The molecule has 2 N–H and O–H groups in total. The highest BCUT2D eigenvalue weighted by molar-refractivity contribution is 6.16. The largest absolute Gasteiger partial charge is 0.508 e. The molecule has 0 bridgehead atoms. The molecule has 1 unspecified atom stereocenters. The zero-order valence-electron chi connectivity index (χ0n) is 16.8. The molecule has 0 saturated heterocycles. The minimum atomic E-state index is -1.23. The molecule has 3 aromatic carbocycles. The summed E-state index contributed by atoms with van der Waals surface area (Å²) in [6.07, 6.45) is 0.358. The van der Waals surface area contributed by atoms with Crippen LogP contribution in [0.3, 0.4) is 0 Å². The fraction of sp³-hybridized carbons (Fsp3) is 0.120. The Morgan fingerprint density at radius 2 is 1.69 bits per heavy atom. The molecule has 0 aliphatic carbocycles. The summed E-state index contributed by atoms with van der Waals surface area (Å²) >= 11 is 0. The van der Waals surface area contributed by atoms with Crippen LogP contribution in [0, 0.1) is 11.6 Å². The first kappa shape index (κ1) is 21.2. The van der Waals surface area contributed by atoms with Gasteiger partial charge in [0.15, 0.2) is 11.5 Å². The van der Waals surface area contributed by atoms with Crippen LogP contribution in [-0.2, 0) is 16.0 Å². The van der Waals surface area contributed by atoms with Crippen molar-refractivity contribution in [1.82, 2.24) is 0 Å². The van der Waals surface area contributed by atoms with Crippen molar-refractivity contribution >= 4 is 17.4 Å². The SMILES string of the molecule is O=C(CCc1ccccc1)C1=C(O)C(=O)N(c2cc(F)ccc2F)C1c1cccc(O)c1. The minimum absolute atomic E-state index is 0.00846. The minimum Gasteiger partial charge on any atom is -0.508 e. The molecule has 0 spiro atoms. The second-order valence-corrected chi connectivity index (χ2v) is 7.44. The summed E-state index contributed by atoms with van der Waals surface area (Å²) in [4.78, 5) is 26.9. The molecule has 0 aromatic heterocycles. The van der Waals surface area contributed by atoms with Gasteiger partial charge < -0.3 is 10.2 Å². The van der Waals surface area contributed by atoms with Crippen molar-refractivity contribution in [1.29, 1.82) is 0 Å². The first-order chi connectivity index (χ1) is 15.4. The lowest BCUT2D eigenvalue weighted by Crippen LogP contribution is -2.32. The lowest BCUT2D eigenvalue weighted by molar-refractivity contribution is -0.118. The van der Waals surface area contributed by atoms with E-state index in [1.54, 1.807) is 0 Å². The molecule has 7 heteroatoms. The number of rotatable bonds is 6. The highest BCUT2D eigenvalue weighted by atomic mass is 19.1. The number of ketones is 1. The Balaban J connectivity index is 1.77.